The van der Waals surface area contributed by atoms with Gasteiger partial charge < -0.3 is 10.2 Å². The van der Waals surface area contributed by atoms with Crippen molar-refractivity contribution in [1.82, 2.24) is 10.2 Å². The van der Waals surface area contributed by atoms with Crippen molar-refractivity contribution in [2.24, 2.45) is 0 Å². The molecule has 3 aromatic carbocycles. The van der Waals surface area contributed by atoms with Crippen LogP contribution in [0.2, 0.25) is 10.0 Å². The Morgan fingerprint density at radius 1 is 0.943 bits per heavy atom. The minimum absolute atomic E-state index is 0.0678. The third kappa shape index (κ3) is 7.81. The number of amides is 2. The fourth-order valence-corrected chi connectivity index (χ4v) is 4.21. The fraction of sp³-hybridized carbons (Fsp3) is 0.286. The molecule has 0 radical (unpaired) electrons. The molecule has 0 aliphatic rings. The average molecular weight is 515 g/mol. The lowest BCUT2D eigenvalue weighted by Gasteiger charge is -2.34. The smallest absolute Gasteiger partial charge is 0.243 e. The van der Waals surface area contributed by atoms with Gasteiger partial charge in [0, 0.05) is 28.5 Å². The van der Waals surface area contributed by atoms with Crippen LogP contribution in [-0.4, -0.2) is 28.3 Å². The number of carbonyl (C=O) groups is 2. The average Bonchev–Trinajstić information content (AvgIpc) is 2.78. The Labute approximate surface area is 216 Å². The molecule has 1 N–H and O–H groups in total. The van der Waals surface area contributed by atoms with E-state index in [1.165, 1.54) is 11.0 Å². The van der Waals surface area contributed by atoms with Crippen LogP contribution in [0.15, 0.2) is 72.8 Å². The second-order valence-corrected chi connectivity index (χ2v) is 10.3. The molecule has 0 aliphatic heterocycles. The largest absolute Gasteiger partial charge is 0.350 e. The molecule has 0 unspecified atom stereocenters. The summed E-state index contributed by atoms with van der Waals surface area (Å²) in [7, 11) is 0. The monoisotopic (exact) mass is 514 g/mol. The van der Waals surface area contributed by atoms with Crippen molar-refractivity contribution in [2.45, 2.75) is 51.7 Å². The number of carbonyl (C=O) groups excluding carboxylic acids is 2. The summed E-state index contributed by atoms with van der Waals surface area (Å²) in [6.07, 6.45) is 0.100. The Morgan fingerprint density at radius 2 is 1.60 bits per heavy atom. The maximum absolute atomic E-state index is 14.4. The predicted molar refractivity (Wildman–Crippen MR) is 139 cm³/mol. The van der Waals surface area contributed by atoms with Gasteiger partial charge in [0.05, 0.1) is 6.42 Å². The van der Waals surface area contributed by atoms with Gasteiger partial charge in [0.15, 0.2) is 0 Å². The Kier molecular flexibility index (Phi) is 8.92. The fourth-order valence-electron chi connectivity index (χ4n) is 3.75. The normalized spacial score (nSPS) is 12.2. The molecule has 3 aromatic rings. The summed E-state index contributed by atoms with van der Waals surface area (Å²) in [5, 5.41) is 3.85. The SMILES string of the molecule is CC(C)(C)NC(=O)[C@H](Cc1ccccc1)N(Cc1ccc(Cl)cc1Cl)C(=O)Cc1ccccc1F. The highest BCUT2D eigenvalue weighted by atomic mass is 35.5. The first-order valence-electron chi connectivity index (χ1n) is 11.4. The van der Waals surface area contributed by atoms with Gasteiger partial charge in [0.25, 0.3) is 0 Å². The molecule has 4 nitrogen and oxygen atoms in total. The van der Waals surface area contributed by atoms with Gasteiger partial charge in [0.1, 0.15) is 11.9 Å². The summed E-state index contributed by atoms with van der Waals surface area (Å²) < 4.78 is 14.4. The van der Waals surface area contributed by atoms with Crippen LogP contribution in [0.1, 0.15) is 37.5 Å². The van der Waals surface area contributed by atoms with Crippen LogP contribution in [-0.2, 0) is 29.0 Å². The summed E-state index contributed by atoms with van der Waals surface area (Å²) >= 11 is 12.5. The van der Waals surface area contributed by atoms with E-state index >= 15 is 0 Å². The highest BCUT2D eigenvalue weighted by molar-refractivity contribution is 6.35. The molecular weight excluding hydrogens is 486 g/mol. The van der Waals surface area contributed by atoms with E-state index in [0.717, 1.165) is 5.56 Å². The number of hydrogen-bond acceptors (Lipinski definition) is 2. The number of rotatable bonds is 8. The zero-order valence-corrected chi connectivity index (χ0v) is 21.5. The van der Waals surface area contributed by atoms with Crippen molar-refractivity contribution < 1.29 is 14.0 Å². The zero-order valence-electron chi connectivity index (χ0n) is 20.0. The van der Waals surface area contributed by atoms with Crippen LogP contribution in [0.3, 0.4) is 0 Å². The molecule has 0 bridgehead atoms. The molecule has 7 heteroatoms. The zero-order chi connectivity index (χ0) is 25.6. The number of hydrogen-bond donors (Lipinski definition) is 1. The van der Waals surface area contributed by atoms with Gasteiger partial charge in [-0.05, 0) is 55.7 Å². The molecule has 0 aliphatic carbocycles. The number of benzene rings is 3. The Balaban J connectivity index is 2.03. The summed E-state index contributed by atoms with van der Waals surface area (Å²) in [6, 6.07) is 19.8. The number of nitrogens with one attached hydrogen (secondary N) is 1. The van der Waals surface area contributed by atoms with E-state index in [9.17, 15) is 14.0 Å². The van der Waals surface area contributed by atoms with Gasteiger partial charge in [-0.2, -0.15) is 0 Å². The third-order valence-corrected chi connectivity index (χ3v) is 6.01. The molecule has 2 amide bonds. The molecule has 3 rings (SSSR count). The number of nitrogens with zero attached hydrogens (tertiary/aromatic N) is 1. The van der Waals surface area contributed by atoms with E-state index < -0.39 is 17.4 Å². The maximum Gasteiger partial charge on any atom is 0.243 e. The quantitative estimate of drug-likeness (QED) is 0.387. The lowest BCUT2D eigenvalue weighted by molar-refractivity contribution is -0.141. The molecule has 0 fully saturated rings. The lowest BCUT2D eigenvalue weighted by atomic mass is 9.99. The Morgan fingerprint density at radius 3 is 2.23 bits per heavy atom. The maximum atomic E-state index is 14.4. The lowest BCUT2D eigenvalue weighted by Crippen LogP contribution is -2.54. The summed E-state index contributed by atoms with van der Waals surface area (Å²) in [5.41, 5.74) is 1.29. The van der Waals surface area contributed by atoms with Crippen LogP contribution >= 0.6 is 23.2 Å². The van der Waals surface area contributed by atoms with Crippen molar-refractivity contribution in [3.8, 4) is 0 Å². The Bertz CT molecular complexity index is 1180. The minimum atomic E-state index is -0.845. The summed E-state index contributed by atoms with van der Waals surface area (Å²) in [5.74, 6) is -1.15. The number of halogens is 3. The molecule has 0 spiro atoms. The van der Waals surface area contributed by atoms with E-state index in [1.54, 1.807) is 36.4 Å². The standard InChI is InChI=1S/C28H29Cl2FN2O2/c1-28(2,3)32-27(35)25(15-19-9-5-4-6-10-19)33(18-21-13-14-22(29)17-23(21)30)26(34)16-20-11-7-8-12-24(20)31/h4-14,17,25H,15-16,18H2,1-3H3,(H,32,35)/t25-/m0/s1. The van der Waals surface area contributed by atoms with Gasteiger partial charge >= 0.3 is 0 Å². The van der Waals surface area contributed by atoms with Gasteiger partial charge in [-0.1, -0.05) is 77.8 Å². The molecule has 35 heavy (non-hydrogen) atoms. The van der Waals surface area contributed by atoms with E-state index in [4.69, 9.17) is 23.2 Å². The van der Waals surface area contributed by atoms with Gasteiger partial charge in [0.2, 0.25) is 11.8 Å². The van der Waals surface area contributed by atoms with Gasteiger partial charge in [-0.25, -0.2) is 4.39 Å². The highest BCUT2D eigenvalue weighted by Crippen LogP contribution is 2.25. The molecule has 0 heterocycles. The molecule has 0 aromatic heterocycles. The van der Waals surface area contributed by atoms with Gasteiger partial charge in [-0.3, -0.25) is 9.59 Å². The second kappa shape index (κ2) is 11.7. The van der Waals surface area contributed by atoms with Crippen LogP contribution < -0.4 is 5.32 Å². The third-order valence-electron chi connectivity index (χ3n) is 5.42. The first-order valence-corrected chi connectivity index (χ1v) is 12.1. The van der Waals surface area contributed by atoms with E-state index in [1.807, 2.05) is 51.1 Å². The first-order chi connectivity index (χ1) is 16.5. The molecular formula is C28H29Cl2FN2O2. The van der Waals surface area contributed by atoms with Crippen LogP contribution in [0, 0.1) is 5.82 Å². The molecule has 0 saturated carbocycles. The van der Waals surface area contributed by atoms with Crippen molar-refractivity contribution in [3.05, 3.63) is 105 Å². The van der Waals surface area contributed by atoms with E-state index in [0.29, 0.717) is 15.6 Å². The van der Waals surface area contributed by atoms with Crippen molar-refractivity contribution in [2.75, 3.05) is 0 Å². The second-order valence-electron chi connectivity index (χ2n) is 9.47. The van der Waals surface area contributed by atoms with Crippen LogP contribution in [0.25, 0.3) is 0 Å². The van der Waals surface area contributed by atoms with Gasteiger partial charge in [-0.15, -0.1) is 0 Å². The van der Waals surface area contributed by atoms with Crippen LogP contribution in [0.5, 0.6) is 0 Å². The van der Waals surface area contributed by atoms with E-state index in [-0.39, 0.29) is 36.8 Å². The van der Waals surface area contributed by atoms with Crippen molar-refractivity contribution >= 4 is 35.0 Å². The molecule has 0 saturated heterocycles. The van der Waals surface area contributed by atoms with E-state index in [2.05, 4.69) is 5.32 Å². The van der Waals surface area contributed by atoms with Crippen molar-refractivity contribution in [3.63, 3.8) is 0 Å². The molecule has 184 valence electrons. The summed E-state index contributed by atoms with van der Waals surface area (Å²) in [6.45, 7) is 5.71. The summed E-state index contributed by atoms with van der Waals surface area (Å²) in [4.78, 5) is 28.7. The predicted octanol–water partition coefficient (Wildman–Crippen LogP) is 6.23. The van der Waals surface area contributed by atoms with Crippen LogP contribution in [0.4, 0.5) is 4.39 Å². The molecule has 1 atom stereocenters. The topological polar surface area (TPSA) is 49.4 Å². The first kappa shape index (κ1) is 26.7. The Hall–Kier alpha value is -2.89. The van der Waals surface area contributed by atoms with Crippen molar-refractivity contribution in [1.29, 1.82) is 0 Å². The highest BCUT2D eigenvalue weighted by Gasteiger charge is 2.32. The minimum Gasteiger partial charge on any atom is -0.350 e.